The number of aromatic nitrogens is 3. The van der Waals surface area contributed by atoms with E-state index in [1.54, 1.807) is 32.2 Å². The van der Waals surface area contributed by atoms with Crippen molar-refractivity contribution < 1.29 is 14.3 Å². The van der Waals surface area contributed by atoms with E-state index in [0.717, 1.165) is 16.9 Å². The van der Waals surface area contributed by atoms with Crippen molar-refractivity contribution in [3.63, 3.8) is 0 Å². The molecule has 2 N–H and O–H groups in total. The highest BCUT2D eigenvalue weighted by Crippen LogP contribution is 2.31. The number of anilines is 2. The first-order chi connectivity index (χ1) is 14.6. The van der Waals surface area contributed by atoms with Gasteiger partial charge in [0, 0.05) is 20.0 Å². The lowest BCUT2D eigenvalue weighted by atomic mass is 10.1. The third-order valence-corrected chi connectivity index (χ3v) is 5.90. The summed E-state index contributed by atoms with van der Waals surface area (Å²) >= 11 is 1.13. The highest BCUT2D eigenvalue weighted by atomic mass is 32.1. The molecular weight excluding hydrogens is 418 g/mol. The summed E-state index contributed by atoms with van der Waals surface area (Å²) in [5.74, 6) is -0.143. The molecule has 2 heterocycles. The maximum atomic E-state index is 13.0. The van der Waals surface area contributed by atoms with Gasteiger partial charge in [0.15, 0.2) is 0 Å². The molecular formula is C21H23N5O4S. The Bertz CT molecular complexity index is 1250. The minimum atomic E-state index is -0.402. The summed E-state index contributed by atoms with van der Waals surface area (Å²) < 4.78 is 6.49. The molecule has 0 aliphatic heterocycles. The van der Waals surface area contributed by atoms with Gasteiger partial charge in [0.2, 0.25) is 5.91 Å². The number of thiazole rings is 1. The number of ether oxygens (including phenoxy) is 1. The third kappa shape index (κ3) is 4.48. The topological polar surface area (TPSA) is 115 Å². The zero-order valence-corrected chi connectivity index (χ0v) is 18.9. The van der Waals surface area contributed by atoms with Crippen LogP contribution in [0.5, 0.6) is 5.75 Å². The average Bonchev–Trinajstić information content (AvgIpc) is 3.09. The van der Waals surface area contributed by atoms with E-state index in [9.17, 15) is 14.4 Å². The van der Waals surface area contributed by atoms with E-state index < -0.39 is 5.91 Å². The molecule has 0 aliphatic rings. The molecule has 162 valence electrons. The highest BCUT2D eigenvalue weighted by Gasteiger charge is 2.22. The summed E-state index contributed by atoms with van der Waals surface area (Å²) in [6.07, 6.45) is 0. The van der Waals surface area contributed by atoms with Gasteiger partial charge in [-0.05, 0) is 38.5 Å². The van der Waals surface area contributed by atoms with Gasteiger partial charge in [-0.3, -0.25) is 14.4 Å². The second-order valence-electron chi connectivity index (χ2n) is 6.99. The van der Waals surface area contributed by atoms with Crippen molar-refractivity contribution in [2.24, 2.45) is 7.05 Å². The quantitative estimate of drug-likeness (QED) is 0.629. The molecule has 0 saturated heterocycles. The number of carbonyl (C=O) groups is 2. The van der Waals surface area contributed by atoms with Gasteiger partial charge in [0.25, 0.3) is 11.5 Å². The Morgan fingerprint density at radius 3 is 2.45 bits per heavy atom. The first-order valence-corrected chi connectivity index (χ1v) is 10.2. The molecule has 0 saturated carbocycles. The minimum absolute atomic E-state index is 0.267. The van der Waals surface area contributed by atoms with E-state index in [4.69, 9.17) is 4.74 Å². The lowest BCUT2D eigenvalue weighted by Crippen LogP contribution is -2.23. The Labute approximate surface area is 183 Å². The molecule has 0 fully saturated rings. The molecule has 9 nitrogen and oxygen atoms in total. The molecule has 0 spiro atoms. The number of nitrogens with zero attached hydrogens (tertiary/aromatic N) is 3. The van der Waals surface area contributed by atoms with Crippen molar-refractivity contribution in [2.75, 3.05) is 17.7 Å². The summed E-state index contributed by atoms with van der Waals surface area (Å²) in [5.41, 5.74) is 2.93. The average molecular weight is 442 g/mol. The molecule has 0 unspecified atom stereocenters. The minimum Gasteiger partial charge on any atom is -0.497 e. The monoisotopic (exact) mass is 441 g/mol. The zero-order valence-electron chi connectivity index (χ0n) is 18.1. The van der Waals surface area contributed by atoms with Crippen molar-refractivity contribution in [3.8, 4) is 16.3 Å². The van der Waals surface area contributed by atoms with Crippen LogP contribution in [0.2, 0.25) is 0 Å². The number of rotatable bonds is 5. The molecule has 3 aromatic rings. The maximum Gasteiger partial charge on any atom is 0.277 e. The van der Waals surface area contributed by atoms with Crippen LogP contribution in [-0.4, -0.2) is 33.7 Å². The molecule has 2 amide bonds. The van der Waals surface area contributed by atoms with Gasteiger partial charge < -0.3 is 15.4 Å². The van der Waals surface area contributed by atoms with E-state index >= 15 is 0 Å². The number of methoxy groups -OCH3 is 1. The molecule has 10 heteroatoms. The van der Waals surface area contributed by atoms with Crippen LogP contribution in [0, 0.1) is 20.8 Å². The molecule has 0 atom stereocenters. The zero-order chi connectivity index (χ0) is 22.9. The molecule has 31 heavy (non-hydrogen) atoms. The van der Waals surface area contributed by atoms with E-state index in [1.165, 1.54) is 18.7 Å². The number of nitrogens with one attached hydrogen (secondary N) is 2. The van der Waals surface area contributed by atoms with Crippen molar-refractivity contribution >= 4 is 34.5 Å². The number of hydrogen-bond acceptors (Lipinski definition) is 7. The van der Waals surface area contributed by atoms with Crippen LogP contribution in [0.25, 0.3) is 10.6 Å². The van der Waals surface area contributed by atoms with E-state index in [-0.39, 0.29) is 11.5 Å². The number of aryl methyl sites for hydroxylation is 3. The largest absolute Gasteiger partial charge is 0.497 e. The number of amides is 2. The SMILES string of the molecule is COc1ccc(NC(C)=O)c(NC(=O)c2sc(-c3c(C)c(C)nn(C)c3=O)nc2C)c1. The molecule has 0 bridgehead atoms. The van der Waals surface area contributed by atoms with Crippen LogP contribution in [0.1, 0.15) is 33.5 Å². The van der Waals surface area contributed by atoms with Gasteiger partial charge in [-0.2, -0.15) is 5.10 Å². The van der Waals surface area contributed by atoms with Gasteiger partial charge in [0.1, 0.15) is 15.6 Å². The van der Waals surface area contributed by atoms with Gasteiger partial charge in [-0.25, -0.2) is 9.67 Å². The molecule has 3 rings (SSSR count). The smallest absolute Gasteiger partial charge is 0.277 e. The summed E-state index contributed by atoms with van der Waals surface area (Å²) in [5, 5.41) is 10.1. The Morgan fingerprint density at radius 2 is 1.81 bits per heavy atom. The molecule has 1 aromatic carbocycles. The van der Waals surface area contributed by atoms with Gasteiger partial charge in [-0.15, -0.1) is 11.3 Å². The van der Waals surface area contributed by atoms with Crippen molar-refractivity contribution in [3.05, 3.63) is 50.4 Å². The van der Waals surface area contributed by atoms with Gasteiger partial charge in [-0.1, -0.05) is 0 Å². The highest BCUT2D eigenvalue weighted by molar-refractivity contribution is 7.17. The summed E-state index contributed by atoms with van der Waals surface area (Å²) in [6, 6.07) is 4.95. The Hall–Kier alpha value is -3.53. The molecule has 2 aromatic heterocycles. The Kier molecular flexibility index (Phi) is 6.21. The second kappa shape index (κ2) is 8.68. The third-order valence-electron chi connectivity index (χ3n) is 4.73. The van der Waals surface area contributed by atoms with Crippen LogP contribution in [-0.2, 0) is 11.8 Å². The van der Waals surface area contributed by atoms with E-state index in [0.29, 0.717) is 44.0 Å². The van der Waals surface area contributed by atoms with Crippen LogP contribution < -0.4 is 20.9 Å². The normalized spacial score (nSPS) is 10.6. The number of benzene rings is 1. The number of carbonyl (C=O) groups excluding carboxylic acids is 2. The van der Waals surface area contributed by atoms with E-state index in [1.807, 2.05) is 13.8 Å². The fourth-order valence-electron chi connectivity index (χ4n) is 3.05. The van der Waals surface area contributed by atoms with Crippen molar-refractivity contribution in [1.82, 2.24) is 14.8 Å². The predicted molar refractivity (Wildman–Crippen MR) is 120 cm³/mol. The summed E-state index contributed by atoms with van der Waals surface area (Å²) in [4.78, 5) is 42.0. The van der Waals surface area contributed by atoms with Gasteiger partial charge in [0.05, 0.1) is 35.4 Å². The maximum absolute atomic E-state index is 13.0. The lowest BCUT2D eigenvalue weighted by molar-refractivity contribution is -0.114. The first kappa shape index (κ1) is 22.2. The van der Waals surface area contributed by atoms with Crippen molar-refractivity contribution in [2.45, 2.75) is 27.7 Å². The van der Waals surface area contributed by atoms with Crippen molar-refractivity contribution in [1.29, 1.82) is 0 Å². The van der Waals surface area contributed by atoms with Gasteiger partial charge >= 0.3 is 0 Å². The standard InChI is InChI=1S/C21H23N5O4S/c1-10-11(2)25-26(5)21(29)17(10)20-22-12(3)18(31-20)19(28)24-16-9-14(30-6)7-8-15(16)23-13(4)27/h7-9H,1-6H3,(H,23,27)(H,24,28). The van der Waals surface area contributed by atoms with Crippen LogP contribution in [0.4, 0.5) is 11.4 Å². The Balaban J connectivity index is 2.00. The Morgan fingerprint density at radius 1 is 1.10 bits per heavy atom. The summed E-state index contributed by atoms with van der Waals surface area (Å²) in [7, 11) is 3.09. The van der Waals surface area contributed by atoms with Crippen LogP contribution in [0.15, 0.2) is 23.0 Å². The molecule has 0 aliphatic carbocycles. The summed E-state index contributed by atoms with van der Waals surface area (Å²) in [6.45, 7) is 6.72. The van der Waals surface area contributed by atoms with Crippen LogP contribution in [0.3, 0.4) is 0 Å². The first-order valence-electron chi connectivity index (χ1n) is 9.41. The fraction of sp³-hybridized carbons (Fsp3) is 0.286. The second-order valence-corrected chi connectivity index (χ2v) is 7.99. The van der Waals surface area contributed by atoms with Crippen LogP contribution >= 0.6 is 11.3 Å². The molecule has 0 radical (unpaired) electrons. The predicted octanol–water partition coefficient (Wildman–Crippen LogP) is 3.05. The lowest BCUT2D eigenvalue weighted by Gasteiger charge is -2.12. The number of hydrogen-bond donors (Lipinski definition) is 2. The van der Waals surface area contributed by atoms with E-state index in [2.05, 4.69) is 20.7 Å². The fourth-order valence-corrected chi connectivity index (χ4v) is 4.10.